The summed E-state index contributed by atoms with van der Waals surface area (Å²) in [6, 6.07) is 16.7. The zero-order valence-electron chi connectivity index (χ0n) is 16.8. The lowest BCUT2D eigenvalue weighted by molar-refractivity contribution is -0.385. The van der Waals surface area contributed by atoms with Crippen molar-refractivity contribution < 1.29 is 24.3 Å². The minimum atomic E-state index is -0.795. The molecular weight excluding hydrogens is 482 g/mol. The van der Waals surface area contributed by atoms with Crippen LogP contribution in [0.2, 0.25) is 0 Å². The fourth-order valence-electron chi connectivity index (χ4n) is 2.77. The highest BCUT2D eigenvalue weighted by molar-refractivity contribution is 9.10. The first-order valence-corrected chi connectivity index (χ1v) is 10.0. The Labute approximate surface area is 191 Å². The van der Waals surface area contributed by atoms with Crippen LogP contribution in [-0.2, 0) is 6.61 Å². The van der Waals surface area contributed by atoms with E-state index in [4.69, 9.17) is 9.47 Å². The van der Waals surface area contributed by atoms with Crippen LogP contribution in [0.3, 0.4) is 0 Å². The first-order chi connectivity index (χ1) is 15.4. The van der Waals surface area contributed by atoms with Crippen molar-refractivity contribution in [3.8, 4) is 17.2 Å². The number of halogens is 1. The number of nitro groups is 1. The van der Waals surface area contributed by atoms with E-state index >= 15 is 0 Å². The quantitative estimate of drug-likeness (QED) is 0.268. The van der Waals surface area contributed by atoms with Gasteiger partial charge in [-0.2, -0.15) is 5.10 Å². The summed E-state index contributed by atoms with van der Waals surface area (Å²) in [7, 11) is 1.50. The summed E-state index contributed by atoms with van der Waals surface area (Å²) in [5, 5.41) is 24.7. The maximum absolute atomic E-state index is 12.2. The molecule has 10 heteroatoms. The van der Waals surface area contributed by atoms with E-state index in [1.165, 1.54) is 25.5 Å². The summed E-state index contributed by atoms with van der Waals surface area (Å²) in [6.45, 7) is 0.353. The number of hydrogen-bond donors (Lipinski definition) is 2. The standard InChI is InChI=1S/C22H18BrN3O6/c1-31-19-11-15(10-17(23)21(19)32-13-14-6-3-2-4-7-14)12-24-25-22(28)16-8-5-9-18(20(16)27)26(29)30/h2-12,27H,13H2,1H3,(H,25,28)/b24-12-. The van der Waals surface area contributed by atoms with Gasteiger partial charge >= 0.3 is 5.69 Å². The average Bonchev–Trinajstić information content (AvgIpc) is 2.78. The van der Waals surface area contributed by atoms with Crippen molar-refractivity contribution in [1.29, 1.82) is 0 Å². The van der Waals surface area contributed by atoms with E-state index in [1.807, 2.05) is 30.3 Å². The molecule has 3 aromatic rings. The van der Waals surface area contributed by atoms with Crippen molar-refractivity contribution in [2.75, 3.05) is 7.11 Å². The van der Waals surface area contributed by atoms with Crippen LogP contribution in [0.4, 0.5) is 5.69 Å². The van der Waals surface area contributed by atoms with Gasteiger partial charge in [0.2, 0.25) is 5.75 Å². The third-order valence-electron chi connectivity index (χ3n) is 4.31. The molecule has 0 atom stereocenters. The Morgan fingerprint density at radius 2 is 1.97 bits per heavy atom. The Morgan fingerprint density at radius 1 is 1.22 bits per heavy atom. The molecule has 0 heterocycles. The fourth-order valence-corrected chi connectivity index (χ4v) is 3.35. The summed E-state index contributed by atoms with van der Waals surface area (Å²) >= 11 is 3.45. The number of aromatic hydroxyl groups is 1. The van der Waals surface area contributed by atoms with Gasteiger partial charge in [-0.1, -0.05) is 36.4 Å². The van der Waals surface area contributed by atoms with Crippen LogP contribution in [-0.4, -0.2) is 29.3 Å². The smallest absolute Gasteiger partial charge is 0.311 e. The zero-order valence-corrected chi connectivity index (χ0v) is 18.4. The molecule has 0 saturated carbocycles. The molecule has 0 aliphatic carbocycles. The normalized spacial score (nSPS) is 10.7. The number of hydrazone groups is 1. The third-order valence-corrected chi connectivity index (χ3v) is 4.90. The second-order valence-corrected chi connectivity index (χ2v) is 7.29. The van der Waals surface area contributed by atoms with Gasteiger partial charge in [-0.3, -0.25) is 14.9 Å². The minimum absolute atomic E-state index is 0.264. The van der Waals surface area contributed by atoms with Gasteiger partial charge in [0.1, 0.15) is 6.61 Å². The van der Waals surface area contributed by atoms with Crippen LogP contribution in [0.25, 0.3) is 0 Å². The number of hydrogen-bond acceptors (Lipinski definition) is 7. The molecule has 0 unspecified atom stereocenters. The lowest BCUT2D eigenvalue weighted by atomic mass is 10.1. The van der Waals surface area contributed by atoms with Gasteiger partial charge in [0.05, 0.1) is 28.3 Å². The fraction of sp³-hybridized carbons (Fsp3) is 0.0909. The Bertz CT molecular complexity index is 1170. The van der Waals surface area contributed by atoms with Crippen LogP contribution in [0.1, 0.15) is 21.5 Å². The van der Waals surface area contributed by atoms with E-state index in [0.717, 1.165) is 11.6 Å². The third kappa shape index (κ3) is 5.41. The molecule has 0 aromatic heterocycles. The van der Waals surface area contributed by atoms with Gasteiger partial charge in [-0.25, -0.2) is 5.43 Å². The van der Waals surface area contributed by atoms with Gasteiger partial charge < -0.3 is 14.6 Å². The molecule has 3 aromatic carbocycles. The first-order valence-electron chi connectivity index (χ1n) is 9.24. The Balaban J connectivity index is 1.72. The second-order valence-electron chi connectivity index (χ2n) is 6.44. The lowest BCUT2D eigenvalue weighted by Gasteiger charge is -2.13. The number of phenolic OH excluding ortho intramolecular Hbond substituents is 1. The molecule has 0 saturated heterocycles. The molecule has 164 valence electrons. The van der Waals surface area contributed by atoms with Crippen molar-refractivity contribution >= 4 is 33.7 Å². The Hall–Kier alpha value is -3.92. The Morgan fingerprint density at radius 3 is 2.66 bits per heavy atom. The molecule has 0 radical (unpaired) electrons. The Kier molecular flexibility index (Phi) is 7.40. The lowest BCUT2D eigenvalue weighted by Crippen LogP contribution is -2.18. The molecule has 32 heavy (non-hydrogen) atoms. The number of para-hydroxylation sites is 1. The number of carbonyl (C=O) groups excluding carboxylic acids is 1. The second kappa shape index (κ2) is 10.4. The van der Waals surface area contributed by atoms with E-state index in [2.05, 4.69) is 26.5 Å². The van der Waals surface area contributed by atoms with Gasteiger partial charge in [0, 0.05) is 6.07 Å². The van der Waals surface area contributed by atoms with Crippen LogP contribution in [0, 0.1) is 10.1 Å². The van der Waals surface area contributed by atoms with Crippen LogP contribution >= 0.6 is 15.9 Å². The molecule has 1 amide bonds. The number of phenols is 1. The predicted octanol–water partition coefficient (Wildman–Crippen LogP) is 4.41. The van der Waals surface area contributed by atoms with Gasteiger partial charge in [0.15, 0.2) is 11.5 Å². The molecule has 0 aliphatic heterocycles. The number of amides is 1. The number of rotatable bonds is 8. The summed E-state index contributed by atoms with van der Waals surface area (Å²) in [5.41, 5.74) is 2.99. The van der Waals surface area contributed by atoms with Crippen LogP contribution in [0.15, 0.2) is 70.2 Å². The number of carbonyl (C=O) groups is 1. The maximum Gasteiger partial charge on any atom is 0.311 e. The molecule has 3 rings (SSSR count). The maximum atomic E-state index is 12.2. The van der Waals surface area contributed by atoms with Crippen molar-refractivity contribution in [2.24, 2.45) is 5.10 Å². The number of nitrogens with one attached hydrogen (secondary N) is 1. The molecule has 9 nitrogen and oxygen atoms in total. The largest absolute Gasteiger partial charge is 0.502 e. The molecule has 0 bridgehead atoms. The average molecular weight is 500 g/mol. The summed E-state index contributed by atoms with van der Waals surface area (Å²) in [6.07, 6.45) is 1.36. The van der Waals surface area contributed by atoms with E-state index in [0.29, 0.717) is 28.1 Å². The molecule has 0 spiro atoms. The van der Waals surface area contributed by atoms with Crippen LogP contribution in [0.5, 0.6) is 17.2 Å². The monoisotopic (exact) mass is 499 g/mol. The van der Waals surface area contributed by atoms with E-state index in [9.17, 15) is 20.0 Å². The van der Waals surface area contributed by atoms with Crippen LogP contribution < -0.4 is 14.9 Å². The van der Waals surface area contributed by atoms with E-state index in [-0.39, 0.29) is 5.56 Å². The topological polar surface area (TPSA) is 123 Å². The zero-order chi connectivity index (χ0) is 23.1. The number of nitro benzene ring substituents is 1. The summed E-state index contributed by atoms with van der Waals surface area (Å²) in [5.74, 6) is -0.552. The van der Waals surface area contributed by atoms with Crippen molar-refractivity contribution in [3.63, 3.8) is 0 Å². The number of methoxy groups -OCH3 is 1. The minimum Gasteiger partial charge on any atom is -0.502 e. The van der Waals surface area contributed by atoms with Crippen molar-refractivity contribution in [1.82, 2.24) is 5.43 Å². The molecular formula is C22H18BrN3O6. The number of ether oxygens (including phenoxy) is 2. The van der Waals surface area contributed by atoms with Gasteiger partial charge in [0.25, 0.3) is 5.91 Å². The van der Waals surface area contributed by atoms with E-state index in [1.54, 1.807) is 12.1 Å². The highest BCUT2D eigenvalue weighted by atomic mass is 79.9. The SMILES string of the molecule is COc1cc(/C=N\NC(=O)c2cccc([N+](=O)[O-])c2O)cc(Br)c1OCc1ccccc1. The highest BCUT2D eigenvalue weighted by Crippen LogP contribution is 2.37. The number of benzene rings is 3. The molecule has 0 aliphatic rings. The first kappa shape index (κ1) is 22.8. The van der Waals surface area contributed by atoms with Gasteiger partial charge in [-0.05, 0) is 45.3 Å². The van der Waals surface area contributed by atoms with Crippen molar-refractivity contribution in [3.05, 3.63) is 91.9 Å². The molecule has 2 N–H and O–H groups in total. The van der Waals surface area contributed by atoms with Crippen molar-refractivity contribution in [2.45, 2.75) is 6.61 Å². The van der Waals surface area contributed by atoms with Gasteiger partial charge in [-0.15, -0.1) is 0 Å². The number of nitrogens with zero attached hydrogens (tertiary/aromatic N) is 2. The van der Waals surface area contributed by atoms with E-state index < -0.39 is 22.3 Å². The summed E-state index contributed by atoms with van der Waals surface area (Å²) < 4.78 is 11.9. The summed E-state index contributed by atoms with van der Waals surface area (Å²) in [4.78, 5) is 22.4. The predicted molar refractivity (Wildman–Crippen MR) is 121 cm³/mol. The highest BCUT2D eigenvalue weighted by Gasteiger charge is 2.20. The molecule has 0 fully saturated rings.